The molecule has 2 fully saturated rings. The fraction of sp³-hybridized carbons (Fsp3) is 0.500. The van der Waals surface area contributed by atoms with E-state index < -0.39 is 4.92 Å². The van der Waals surface area contributed by atoms with Gasteiger partial charge in [-0.25, -0.2) is 0 Å². The van der Waals surface area contributed by atoms with Crippen LogP contribution in [0.1, 0.15) is 36.0 Å². The van der Waals surface area contributed by atoms with Crippen LogP contribution in [0.25, 0.3) is 0 Å². The molecule has 0 radical (unpaired) electrons. The smallest absolute Gasteiger partial charge is 0.270 e. The SMILES string of the molecule is O=C(NCC1(C2CC2)CC1)c1cc([N+](=O)[O-])ccc1I. The van der Waals surface area contributed by atoms with Crippen molar-refractivity contribution in [3.8, 4) is 0 Å². The number of rotatable bonds is 5. The summed E-state index contributed by atoms with van der Waals surface area (Å²) in [4.78, 5) is 22.5. The molecular weight excluding hydrogens is 371 g/mol. The van der Waals surface area contributed by atoms with Crippen molar-refractivity contribution in [3.05, 3.63) is 37.4 Å². The van der Waals surface area contributed by atoms with Crippen molar-refractivity contribution >= 4 is 34.2 Å². The number of nitro groups is 1. The van der Waals surface area contributed by atoms with Gasteiger partial charge in [-0.15, -0.1) is 0 Å². The van der Waals surface area contributed by atoms with Crippen molar-refractivity contribution in [3.63, 3.8) is 0 Å². The van der Waals surface area contributed by atoms with E-state index in [4.69, 9.17) is 0 Å². The van der Waals surface area contributed by atoms with E-state index in [2.05, 4.69) is 5.32 Å². The molecule has 1 amide bonds. The van der Waals surface area contributed by atoms with Crippen LogP contribution in [0.5, 0.6) is 0 Å². The van der Waals surface area contributed by atoms with E-state index in [0.29, 0.717) is 17.5 Å². The predicted molar refractivity (Wildman–Crippen MR) is 82.5 cm³/mol. The molecule has 0 heterocycles. The van der Waals surface area contributed by atoms with Gasteiger partial charge in [0, 0.05) is 22.2 Å². The van der Waals surface area contributed by atoms with Crippen LogP contribution < -0.4 is 5.32 Å². The summed E-state index contributed by atoms with van der Waals surface area (Å²) in [6.07, 6.45) is 4.96. The van der Waals surface area contributed by atoms with Crippen LogP contribution >= 0.6 is 22.6 Å². The maximum Gasteiger partial charge on any atom is 0.270 e. The Labute approximate surface area is 130 Å². The fourth-order valence-electron chi connectivity index (χ4n) is 2.74. The highest BCUT2D eigenvalue weighted by Crippen LogP contribution is 2.60. The summed E-state index contributed by atoms with van der Waals surface area (Å²) < 4.78 is 0.738. The molecule has 0 atom stereocenters. The lowest BCUT2D eigenvalue weighted by Gasteiger charge is -2.15. The third-order valence-electron chi connectivity index (χ3n) is 4.34. The molecule has 20 heavy (non-hydrogen) atoms. The predicted octanol–water partition coefficient (Wildman–Crippen LogP) is 3.12. The topological polar surface area (TPSA) is 72.2 Å². The van der Waals surface area contributed by atoms with Crippen LogP contribution in [0.2, 0.25) is 0 Å². The van der Waals surface area contributed by atoms with Gasteiger partial charge in [0.25, 0.3) is 11.6 Å². The molecule has 106 valence electrons. The summed E-state index contributed by atoms with van der Waals surface area (Å²) in [5.41, 5.74) is 0.687. The van der Waals surface area contributed by atoms with E-state index in [-0.39, 0.29) is 11.6 Å². The summed E-state index contributed by atoms with van der Waals surface area (Å²) in [5, 5.41) is 13.7. The highest BCUT2D eigenvalue weighted by molar-refractivity contribution is 14.1. The third-order valence-corrected chi connectivity index (χ3v) is 5.28. The van der Waals surface area contributed by atoms with Crippen LogP contribution in [-0.2, 0) is 0 Å². The number of halogens is 1. The Balaban J connectivity index is 1.70. The van der Waals surface area contributed by atoms with Gasteiger partial charge in [0.1, 0.15) is 0 Å². The molecule has 2 saturated carbocycles. The minimum atomic E-state index is -0.473. The first-order chi connectivity index (χ1) is 9.52. The van der Waals surface area contributed by atoms with Crippen molar-refractivity contribution in [1.82, 2.24) is 5.32 Å². The van der Waals surface area contributed by atoms with Crippen molar-refractivity contribution in [1.29, 1.82) is 0 Å². The average Bonchev–Trinajstić information content (AvgIpc) is 3.27. The van der Waals surface area contributed by atoms with Gasteiger partial charge >= 0.3 is 0 Å². The van der Waals surface area contributed by atoms with Crippen LogP contribution in [-0.4, -0.2) is 17.4 Å². The standard InChI is InChI=1S/C14H15IN2O3/c15-12-4-3-10(17(19)20)7-11(12)13(18)16-8-14(5-6-14)9-1-2-9/h3-4,7,9H,1-2,5-6,8H2,(H,16,18). The molecule has 1 aromatic carbocycles. The average molecular weight is 386 g/mol. The van der Waals surface area contributed by atoms with E-state index in [1.54, 1.807) is 6.07 Å². The summed E-state index contributed by atoms with van der Waals surface area (Å²) >= 11 is 2.03. The number of carbonyl (C=O) groups is 1. The number of hydrogen-bond acceptors (Lipinski definition) is 3. The molecule has 1 aromatic rings. The van der Waals surface area contributed by atoms with Crippen molar-refractivity contribution in [2.24, 2.45) is 11.3 Å². The Morgan fingerprint density at radius 2 is 2.15 bits per heavy atom. The number of carbonyl (C=O) groups excluding carboxylic acids is 1. The second-order valence-electron chi connectivity index (χ2n) is 5.74. The lowest BCUT2D eigenvalue weighted by Crippen LogP contribution is -2.31. The first kappa shape index (κ1) is 13.8. The van der Waals surface area contributed by atoms with Crippen LogP contribution in [0.15, 0.2) is 18.2 Å². The summed E-state index contributed by atoms with van der Waals surface area (Å²) in [6, 6.07) is 4.39. The zero-order valence-corrected chi connectivity index (χ0v) is 13.1. The zero-order chi connectivity index (χ0) is 14.3. The monoisotopic (exact) mass is 386 g/mol. The second-order valence-corrected chi connectivity index (χ2v) is 6.90. The maximum atomic E-state index is 12.2. The van der Waals surface area contributed by atoms with Gasteiger partial charge in [-0.1, -0.05) is 0 Å². The lowest BCUT2D eigenvalue weighted by molar-refractivity contribution is -0.384. The van der Waals surface area contributed by atoms with Gasteiger partial charge in [0.15, 0.2) is 0 Å². The molecule has 6 heteroatoms. The van der Waals surface area contributed by atoms with Gasteiger partial charge in [-0.3, -0.25) is 14.9 Å². The van der Waals surface area contributed by atoms with E-state index in [1.165, 1.54) is 37.8 Å². The molecule has 0 aromatic heterocycles. The Hall–Kier alpha value is -1.18. The number of hydrogen-bond donors (Lipinski definition) is 1. The molecule has 0 aliphatic heterocycles. The first-order valence-electron chi connectivity index (χ1n) is 6.74. The quantitative estimate of drug-likeness (QED) is 0.480. The van der Waals surface area contributed by atoms with Crippen LogP contribution in [0, 0.1) is 25.0 Å². The zero-order valence-electron chi connectivity index (χ0n) is 10.9. The molecule has 0 saturated heterocycles. The summed E-state index contributed by atoms with van der Waals surface area (Å²) in [5.74, 6) is 0.581. The fourth-order valence-corrected chi connectivity index (χ4v) is 3.32. The Kier molecular flexibility index (Phi) is 3.43. The largest absolute Gasteiger partial charge is 0.351 e. The summed E-state index contributed by atoms with van der Waals surface area (Å²) in [7, 11) is 0. The molecule has 0 unspecified atom stereocenters. The number of nitrogens with zero attached hydrogens (tertiary/aromatic N) is 1. The van der Waals surface area contributed by atoms with Gasteiger partial charge in [-0.05, 0) is 65.7 Å². The molecule has 2 aliphatic rings. The Bertz CT molecular complexity index is 580. The number of amides is 1. The molecular formula is C14H15IN2O3. The molecule has 0 bridgehead atoms. The van der Waals surface area contributed by atoms with Crippen molar-refractivity contribution in [2.75, 3.05) is 6.54 Å². The second kappa shape index (κ2) is 4.98. The van der Waals surface area contributed by atoms with E-state index in [1.807, 2.05) is 22.6 Å². The molecule has 3 rings (SSSR count). The van der Waals surface area contributed by atoms with Crippen molar-refractivity contribution in [2.45, 2.75) is 25.7 Å². The van der Waals surface area contributed by atoms with Gasteiger partial charge in [0.05, 0.1) is 10.5 Å². The maximum absolute atomic E-state index is 12.2. The van der Waals surface area contributed by atoms with E-state index in [0.717, 1.165) is 9.49 Å². The number of non-ortho nitro benzene ring substituents is 1. The normalized spacial score (nSPS) is 19.4. The number of nitro benzene ring substituents is 1. The Morgan fingerprint density at radius 1 is 1.45 bits per heavy atom. The van der Waals surface area contributed by atoms with Crippen LogP contribution in [0.4, 0.5) is 5.69 Å². The van der Waals surface area contributed by atoms with Gasteiger partial charge in [-0.2, -0.15) is 0 Å². The summed E-state index contributed by atoms with van der Waals surface area (Å²) in [6.45, 7) is 0.704. The lowest BCUT2D eigenvalue weighted by atomic mass is 10.0. The molecule has 5 nitrogen and oxygen atoms in total. The van der Waals surface area contributed by atoms with Crippen LogP contribution in [0.3, 0.4) is 0 Å². The highest BCUT2D eigenvalue weighted by Gasteiger charge is 2.53. The minimum Gasteiger partial charge on any atom is -0.351 e. The van der Waals surface area contributed by atoms with Gasteiger partial charge < -0.3 is 5.32 Å². The van der Waals surface area contributed by atoms with E-state index in [9.17, 15) is 14.9 Å². The van der Waals surface area contributed by atoms with Gasteiger partial charge in [0.2, 0.25) is 0 Å². The van der Waals surface area contributed by atoms with E-state index >= 15 is 0 Å². The van der Waals surface area contributed by atoms with Crippen molar-refractivity contribution < 1.29 is 9.72 Å². The minimum absolute atomic E-state index is 0.0427. The highest BCUT2D eigenvalue weighted by atomic mass is 127. The number of benzene rings is 1. The first-order valence-corrected chi connectivity index (χ1v) is 7.82. The third kappa shape index (κ3) is 2.65. The Morgan fingerprint density at radius 3 is 2.70 bits per heavy atom. The molecule has 1 N–H and O–H groups in total. The molecule has 2 aliphatic carbocycles. The number of nitrogens with one attached hydrogen (secondary N) is 1. The molecule has 0 spiro atoms.